The van der Waals surface area contributed by atoms with Crippen LogP contribution < -0.4 is 21.2 Å². The molecule has 1 aromatic heterocycles. The summed E-state index contributed by atoms with van der Waals surface area (Å²) >= 11 is 0. The van der Waals surface area contributed by atoms with Gasteiger partial charge in [-0.3, -0.25) is 10.1 Å². The molecule has 0 saturated carbocycles. The van der Waals surface area contributed by atoms with Gasteiger partial charge in [-0.25, -0.2) is 4.63 Å². The van der Waals surface area contributed by atoms with Crippen LogP contribution in [0, 0.1) is 10.1 Å². The number of nitro groups is 1. The van der Waals surface area contributed by atoms with Crippen molar-refractivity contribution in [1.29, 1.82) is 0 Å². The summed E-state index contributed by atoms with van der Waals surface area (Å²) < 4.78 is 4.73. The van der Waals surface area contributed by atoms with Crippen LogP contribution in [0.1, 0.15) is 5.56 Å². The molecule has 5 aromatic rings. The Balaban J connectivity index is 1.38. The molecule has 0 saturated heterocycles. The van der Waals surface area contributed by atoms with Gasteiger partial charge in [-0.15, -0.1) is 0 Å². The molecular weight excluding hydrogens is 435 g/mol. The summed E-state index contributed by atoms with van der Waals surface area (Å²) in [5.74, 6) is 0. The first-order valence-electron chi connectivity index (χ1n) is 10.3. The minimum Gasteiger partial charge on any atom is -0.379 e. The number of non-ortho nitro benzene ring substituents is 1. The predicted molar refractivity (Wildman–Crippen MR) is 131 cm³/mol. The Bertz CT molecular complexity index is 1350. The summed E-state index contributed by atoms with van der Waals surface area (Å²) in [6, 6.07) is 32.7. The first-order chi connectivity index (χ1) is 16.2. The zero-order valence-corrected chi connectivity index (χ0v) is 18.4. The molecule has 0 radical (unpaired) electrons. The Morgan fingerprint density at radius 2 is 1.33 bits per heavy atom. The van der Waals surface area contributed by atoms with Crippen molar-refractivity contribution in [3.63, 3.8) is 0 Å². The molecule has 162 valence electrons. The third kappa shape index (κ3) is 4.31. The minimum absolute atomic E-state index is 0.128. The van der Waals surface area contributed by atoms with E-state index in [2.05, 4.69) is 88.4 Å². The van der Waals surface area contributed by atoms with Gasteiger partial charge in [0.2, 0.25) is 5.52 Å². The zero-order chi connectivity index (χ0) is 22.6. The highest BCUT2D eigenvalue weighted by Crippen LogP contribution is 2.33. The molecule has 0 fully saturated rings. The molecule has 1 heterocycles. The molecule has 33 heavy (non-hydrogen) atoms. The molecule has 4 aromatic carbocycles. The van der Waals surface area contributed by atoms with Crippen LogP contribution in [-0.2, 0) is 6.54 Å². The van der Waals surface area contributed by atoms with Gasteiger partial charge >= 0.3 is 5.69 Å². The highest BCUT2D eigenvalue weighted by molar-refractivity contribution is 7.79. The van der Waals surface area contributed by atoms with E-state index in [9.17, 15) is 10.1 Å². The zero-order valence-electron chi connectivity index (χ0n) is 17.5. The maximum Gasteiger partial charge on any atom is 0.300 e. The molecule has 8 heteroatoms. The van der Waals surface area contributed by atoms with Crippen molar-refractivity contribution in [3.05, 3.63) is 113 Å². The fourth-order valence-electron chi connectivity index (χ4n) is 3.70. The van der Waals surface area contributed by atoms with E-state index in [-0.39, 0.29) is 11.2 Å². The van der Waals surface area contributed by atoms with E-state index in [0.29, 0.717) is 17.7 Å². The van der Waals surface area contributed by atoms with Crippen LogP contribution in [0.5, 0.6) is 0 Å². The lowest BCUT2D eigenvalue weighted by atomic mass is 10.2. The maximum atomic E-state index is 11.2. The van der Waals surface area contributed by atoms with Gasteiger partial charge in [0.05, 0.1) is 10.6 Å². The molecule has 5 rings (SSSR count). The molecule has 0 spiro atoms. The average molecular weight is 454 g/mol. The molecule has 0 amide bonds. The van der Waals surface area contributed by atoms with Crippen molar-refractivity contribution >= 4 is 46.2 Å². The molecule has 0 aliphatic carbocycles. The predicted octanol–water partition coefficient (Wildman–Crippen LogP) is 4.50. The molecule has 1 N–H and O–H groups in total. The molecule has 7 nitrogen and oxygen atoms in total. The van der Waals surface area contributed by atoms with E-state index in [1.807, 2.05) is 12.1 Å². The maximum absolute atomic E-state index is 11.2. The summed E-state index contributed by atoms with van der Waals surface area (Å²) in [6.07, 6.45) is 0. The van der Waals surface area contributed by atoms with Crippen LogP contribution >= 0.6 is 7.92 Å². The highest BCUT2D eigenvalue weighted by atomic mass is 31.1. The van der Waals surface area contributed by atoms with Crippen molar-refractivity contribution in [1.82, 2.24) is 10.3 Å². The van der Waals surface area contributed by atoms with Crippen LogP contribution in [0.2, 0.25) is 0 Å². The second-order valence-electron chi connectivity index (χ2n) is 7.38. The Morgan fingerprint density at radius 3 is 1.94 bits per heavy atom. The number of nitrogens with zero attached hydrogens (tertiary/aromatic N) is 3. The smallest absolute Gasteiger partial charge is 0.300 e. The summed E-state index contributed by atoms with van der Waals surface area (Å²) in [7, 11) is -0.653. The molecular formula is C25H19N4O3P. The SMILES string of the molecule is O=[N+]([O-])c1ccc(NCc2ccc(P(c3ccccc3)c3ccccc3)cc2)c2nonc12. The Kier molecular flexibility index (Phi) is 5.79. The Labute approximate surface area is 190 Å². The monoisotopic (exact) mass is 454 g/mol. The van der Waals surface area contributed by atoms with Crippen LogP contribution in [0.3, 0.4) is 0 Å². The lowest BCUT2D eigenvalue weighted by molar-refractivity contribution is -0.383. The number of benzene rings is 4. The summed E-state index contributed by atoms with van der Waals surface area (Å²) in [4.78, 5) is 10.7. The number of hydrogen-bond donors (Lipinski definition) is 1. The molecule has 0 bridgehead atoms. The van der Waals surface area contributed by atoms with Gasteiger partial charge in [0.15, 0.2) is 5.52 Å². The number of nitrogens with one attached hydrogen (secondary N) is 1. The topological polar surface area (TPSA) is 94.1 Å². The molecule has 0 aliphatic rings. The number of hydrogen-bond acceptors (Lipinski definition) is 6. The largest absolute Gasteiger partial charge is 0.379 e. The van der Waals surface area contributed by atoms with Crippen LogP contribution in [0.25, 0.3) is 11.0 Å². The number of anilines is 1. The highest BCUT2D eigenvalue weighted by Gasteiger charge is 2.20. The normalized spacial score (nSPS) is 11.1. The first-order valence-corrected chi connectivity index (χ1v) is 11.7. The van der Waals surface area contributed by atoms with E-state index in [1.165, 1.54) is 22.0 Å². The van der Waals surface area contributed by atoms with Gasteiger partial charge in [0, 0.05) is 12.6 Å². The van der Waals surface area contributed by atoms with Gasteiger partial charge in [-0.1, -0.05) is 84.9 Å². The number of aromatic nitrogens is 2. The van der Waals surface area contributed by atoms with Crippen LogP contribution in [-0.4, -0.2) is 15.2 Å². The fraction of sp³-hybridized carbons (Fsp3) is 0.0400. The first kappa shape index (κ1) is 20.8. The van der Waals surface area contributed by atoms with E-state index in [4.69, 9.17) is 4.63 Å². The molecule has 0 aliphatic heterocycles. The lowest BCUT2D eigenvalue weighted by Crippen LogP contribution is -2.20. The van der Waals surface area contributed by atoms with Gasteiger partial charge in [0.1, 0.15) is 0 Å². The molecule has 0 unspecified atom stereocenters. The van der Waals surface area contributed by atoms with E-state index in [0.717, 1.165) is 5.56 Å². The van der Waals surface area contributed by atoms with Crippen molar-refractivity contribution < 1.29 is 9.55 Å². The minimum atomic E-state index is -0.653. The van der Waals surface area contributed by atoms with Crippen molar-refractivity contribution in [2.75, 3.05) is 5.32 Å². The lowest BCUT2D eigenvalue weighted by Gasteiger charge is -2.19. The van der Waals surface area contributed by atoms with Crippen LogP contribution in [0.15, 0.2) is 102 Å². The summed E-state index contributed by atoms with van der Waals surface area (Å²) in [5.41, 5.74) is 2.07. The van der Waals surface area contributed by atoms with Crippen LogP contribution in [0.4, 0.5) is 11.4 Å². The second-order valence-corrected chi connectivity index (χ2v) is 9.60. The Morgan fingerprint density at radius 1 is 0.758 bits per heavy atom. The second kappa shape index (κ2) is 9.18. The molecule has 0 atom stereocenters. The van der Waals surface area contributed by atoms with E-state index >= 15 is 0 Å². The number of nitro benzene ring substituents is 1. The van der Waals surface area contributed by atoms with E-state index < -0.39 is 12.8 Å². The number of fused-ring (bicyclic) bond motifs is 1. The third-order valence-electron chi connectivity index (χ3n) is 5.30. The quantitative estimate of drug-likeness (QED) is 0.221. The summed E-state index contributed by atoms with van der Waals surface area (Å²) in [6.45, 7) is 0.536. The van der Waals surface area contributed by atoms with Gasteiger partial charge in [0.25, 0.3) is 0 Å². The Hall–Kier alpha value is -4.09. The number of rotatable bonds is 7. The van der Waals surface area contributed by atoms with Crippen molar-refractivity contribution in [3.8, 4) is 0 Å². The fourth-order valence-corrected chi connectivity index (χ4v) is 5.99. The standard InChI is InChI=1S/C25H19N4O3P/c30-29(31)23-16-15-22(24-25(23)28-32-27-24)26-17-18-11-13-21(14-12-18)33(19-7-3-1-4-8-19)20-9-5-2-6-10-20/h1-16,26H,17H2. The van der Waals surface area contributed by atoms with Gasteiger partial charge in [-0.05, 0) is 45.8 Å². The van der Waals surface area contributed by atoms with Gasteiger partial charge in [-0.2, -0.15) is 0 Å². The van der Waals surface area contributed by atoms with E-state index in [1.54, 1.807) is 6.07 Å². The van der Waals surface area contributed by atoms with Crippen molar-refractivity contribution in [2.24, 2.45) is 0 Å². The third-order valence-corrected chi connectivity index (χ3v) is 7.74. The van der Waals surface area contributed by atoms with Gasteiger partial charge < -0.3 is 5.32 Å². The summed E-state index contributed by atoms with van der Waals surface area (Å²) in [5, 5.41) is 25.8. The van der Waals surface area contributed by atoms with Crippen molar-refractivity contribution in [2.45, 2.75) is 6.54 Å². The average Bonchev–Trinajstić information content (AvgIpc) is 3.35.